The summed E-state index contributed by atoms with van der Waals surface area (Å²) in [5.41, 5.74) is 1.05. The molecule has 0 spiro atoms. The van der Waals surface area contributed by atoms with E-state index in [1.54, 1.807) is 0 Å². The number of tetrazole rings is 1. The summed E-state index contributed by atoms with van der Waals surface area (Å²) in [5.74, 6) is -1.43. The van der Waals surface area contributed by atoms with Crippen LogP contribution < -0.4 is 5.32 Å². The molecule has 2 aromatic carbocycles. The number of aromatic nitrogens is 4. The zero-order chi connectivity index (χ0) is 18.5. The monoisotopic (exact) mass is 389 g/mol. The highest BCUT2D eigenvalue weighted by atomic mass is 35.5. The van der Waals surface area contributed by atoms with Gasteiger partial charge in [0.25, 0.3) is 0 Å². The Morgan fingerprint density at radius 3 is 2.69 bits per heavy atom. The summed E-state index contributed by atoms with van der Waals surface area (Å²) in [4.78, 5) is 23.2. The van der Waals surface area contributed by atoms with Gasteiger partial charge in [0.1, 0.15) is 0 Å². The van der Waals surface area contributed by atoms with E-state index < -0.39 is 5.97 Å². The van der Waals surface area contributed by atoms with Crippen molar-refractivity contribution in [1.29, 1.82) is 0 Å². The molecule has 3 rings (SSSR count). The van der Waals surface area contributed by atoms with Gasteiger partial charge in [-0.2, -0.15) is 4.68 Å². The zero-order valence-electron chi connectivity index (χ0n) is 13.2. The molecule has 0 saturated heterocycles. The highest BCUT2D eigenvalue weighted by molar-refractivity contribution is 7.99. The third kappa shape index (κ3) is 4.19. The number of carbonyl (C=O) groups excluding carboxylic acids is 1. The number of aromatic carboxylic acids is 1. The van der Waals surface area contributed by atoms with E-state index in [1.165, 1.54) is 22.9 Å². The molecule has 1 amide bonds. The van der Waals surface area contributed by atoms with Crippen molar-refractivity contribution in [3.8, 4) is 5.69 Å². The number of carbonyl (C=O) groups is 2. The molecule has 3 aromatic rings. The van der Waals surface area contributed by atoms with Crippen molar-refractivity contribution in [2.24, 2.45) is 0 Å². The number of halogens is 1. The standard InChI is InChI=1S/C16H12ClN5O3S/c17-13-7-6-10(8-12(13)15(24)25)18-14(23)9-26-16-19-20-21-22(16)11-4-2-1-3-5-11/h1-8H,9H2,(H,18,23)(H,24,25). The number of rotatable bonds is 6. The highest BCUT2D eigenvalue weighted by Gasteiger charge is 2.13. The molecule has 0 aliphatic heterocycles. The van der Waals surface area contributed by atoms with Crippen LogP contribution in [0, 0.1) is 0 Å². The van der Waals surface area contributed by atoms with Crippen molar-refractivity contribution in [2.75, 3.05) is 11.1 Å². The predicted molar refractivity (Wildman–Crippen MR) is 96.9 cm³/mol. The number of hydrogen-bond acceptors (Lipinski definition) is 6. The van der Waals surface area contributed by atoms with Crippen LogP contribution in [0.3, 0.4) is 0 Å². The SMILES string of the molecule is O=C(CSc1nnnn1-c1ccccc1)Nc1ccc(Cl)c(C(=O)O)c1. The van der Waals surface area contributed by atoms with Crippen molar-refractivity contribution in [3.05, 3.63) is 59.1 Å². The molecule has 10 heteroatoms. The first-order chi connectivity index (χ1) is 12.5. The molecule has 0 bridgehead atoms. The van der Waals surface area contributed by atoms with E-state index in [2.05, 4.69) is 20.8 Å². The van der Waals surface area contributed by atoms with Crippen molar-refractivity contribution in [1.82, 2.24) is 20.2 Å². The lowest BCUT2D eigenvalue weighted by Gasteiger charge is -2.07. The Morgan fingerprint density at radius 1 is 1.19 bits per heavy atom. The average molecular weight is 390 g/mol. The van der Waals surface area contributed by atoms with Crippen molar-refractivity contribution in [2.45, 2.75) is 5.16 Å². The van der Waals surface area contributed by atoms with Gasteiger partial charge >= 0.3 is 5.97 Å². The second-order valence-electron chi connectivity index (χ2n) is 5.05. The van der Waals surface area contributed by atoms with Crippen molar-refractivity contribution in [3.63, 3.8) is 0 Å². The number of carboxylic acids is 1. The van der Waals surface area contributed by atoms with Gasteiger partial charge in [0, 0.05) is 5.69 Å². The Kier molecular flexibility index (Phi) is 5.49. The van der Waals surface area contributed by atoms with Gasteiger partial charge < -0.3 is 10.4 Å². The fourth-order valence-corrected chi connectivity index (χ4v) is 2.98. The number of benzene rings is 2. The molecule has 0 unspecified atom stereocenters. The van der Waals surface area contributed by atoms with E-state index in [0.29, 0.717) is 10.8 Å². The summed E-state index contributed by atoms with van der Waals surface area (Å²) in [6.45, 7) is 0. The van der Waals surface area contributed by atoms with Crippen LogP contribution in [0.4, 0.5) is 5.69 Å². The Bertz CT molecular complexity index is 948. The Hall–Kier alpha value is -2.91. The molecular weight excluding hydrogens is 378 g/mol. The average Bonchev–Trinajstić information content (AvgIpc) is 3.11. The molecule has 132 valence electrons. The molecule has 0 atom stereocenters. The summed E-state index contributed by atoms with van der Waals surface area (Å²) in [6.07, 6.45) is 0. The molecule has 1 heterocycles. The third-order valence-electron chi connectivity index (χ3n) is 3.25. The summed E-state index contributed by atoms with van der Waals surface area (Å²) < 4.78 is 1.53. The van der Waals surface area contributed by atoms with Crippen LogP contribution in [0.5, 0.6) is 0 Å². The quantitative estimate of drug-likeness (QED) is 0.623. The molecular formula is C16H12ClN5O3S. The van der Waals surface area contributed by atoms with E-state index in [9.17, 15) is 9.59 Å². The number of hydrogen-bond donors (Lipinski definition) is 2. The summed E-state index contributed by atoms with van der Waals surface area (Å²) in [5, 5.41) is 23.7. The lowest BCUT2D eigenvalue weighted by atomic mass is 10.2. The van der Waals surface area contributed by atoms with Crippen molar-refractivity contribution < 1.29 is 14.7 Å². The minimum absolute atomic E-state index is 0.0538. The minimum atomic E-state index is -1.16. The fraction of sp³-hybridized carbons (Fsp3) is 0.0625. The van der Waals surface area contributed by atoms with Gasteiger partial charge in [-0.25, -0.2) is 4.79 Å². The van der Waals surface area contributed by atoms with Gasteiger partial charge in [-0.05, 0) is 40.8 Å². The number of nitrogens with one attached hydrogen (secondary N) is 1. The Balaban J connectivity index is 1.65. The topological polar surface area (TPSA) is 110 Å². The predicted octanol–water partition coefficient (Wildman–Crippen LogP) is 2.74. The summed E-state index contributed by atoms with van der Waals surface area (Å²) in [6, 6.07) is 13.6. The highest BCUT2D eigenvalue weighted by Crippen LogP contribution is 2.22. The molecule has 0 fully saturated rings. The van der Waals surface area contributed by atoms with Gasteiger partial charge in [-0.15, -0.1) is 5.10 Å². The first-order valence-electron chi connectivity index (χ1n) is 7.34. The molecule has 26 heavy (non-hydrogen) atoms. The minimum Gasteiger partial charge on any atom is -0.478 e. The molecule has 0 radical (unpaired) electrons. The molecule has 2 N–H and O–H groups in total. The third-order valence-corrected chi connectivity index (χ3v) is 4.50. The van der Waals surface area contributed by atoms with Crippen molar-refractivity contribution >= 4 is 40.9 Å². The van der Waals surface area contributed by atoms with Crippen LogP contribution in [0.2, 0.25) is 5.02 Å². The maximum atomic E-state index is 12.1. The lowest BCUT2D eigenvalue weighted by molar-refractivity contribution is -0.113. The normalized spacial score (nSPS) is 10.5. The lowest BCUT2D eigenvalue weighted by Crippen LogP contribution is -2.15. The van der Waals surface area contributed by atoms with Crippen LogP contribution in [-0.4, -0.2) is 42.9 Å². The first-order valence-corrected chi connectivity index (χ1v) is 8.70. The van der Waals surface area contributed by atoms with Gasteiger partial charge in [0.15, 0.2) is 0 Å². The second kappa shape index (κ2) is 7.98. The molecule has 0 aliphatic rings. The van der Waals surface area contributed by atoms with Crippen LogP contribution in [-0.2, 0) is 4.79 Å². The maximum absolute atomic E-state index is 12.1. The van der Waals surface area contributed by atoms with E-state index in [1.807, 2.05) is 30.3 Å². The molecule has 1 aromatic heterocycles. The van der Waals surface area contributed by atoms with Gasteiger partial charge in [0.2, 0.25) is 11.1 Å². The van der Waals surface area contributed by atoms with E-state index in [4.69, 9.17) is 16.7 Å². The maximum Gasteiger partial charge on any atom is 0.337 e. The second-order valence-corrected chi connectivity index (χ2v) is 6.40. The number of carboxylic acid groups (broad SMARTS) is 1. The smallest absolute Gasteiger partial charge is 0.337 e. The fourth-order valence-electron chi connectivity index (χ4n) is 2.09. The van der Waals surface area contributed by atoms with Gasteiger partial charge in [-0.1, -0.05) is 41.6 Å². The number of anilines is 1. The van der Waals surface area contributed by atoms with Gasteiger partial charge in [0.05, 0.1) is 22.0 Å². The molecule has 8 nitrogen and oxygen atoms in total. The number of amides is 1. The van der Waals surface area contributed by atoms with Crippen LogP contribution in [0.15, 0.2) is 53.7 Å². The summed E-state index contributed by atoms with van der Waals surface area (Å²) >= 11 is 6.97. The van der Waals surface area contributed by atoms with Crippen LogP contribution in [0.25, 0.3) is 5.69 Å². The van der Waals surface area contributed by atoms with E-state index in [0.717, 1.165) is 17.4 Å². The molecule has 0 saturated carbocycles. The van der Waals surface area contributed by atoms with Crippen LogP contribution in [0.1, 0.15) is 10.4 Å². The Labute approximate surface area is 157 Å². The zero-order valence-corrected chi connectivity index (χ0v) is 14.7. The first kappa shape index (κ1) is 17.9. The number of para-hydroxylation sites is 1. The Morgan fingerprint density at radius 2 is 1.96 bits per heavy atom. The number of thioether (sulfide) groups is 1. The van der Waals surface area contributed by atoms with E-state index >= 15 is 0 Å². The number of nitrogens with zero attached hydrogens (tertiary/aromatic N) is 4. The van der Waals surface area contributed by atoms with Gasteiger partial charge in [-0.3, -0.25) is 4.79 Å². The molecule has 0 aliphatic carbocycles. The summed E-state index contributed by atoms with van der Waals surface area (Å²) in [7, 11) is 0. The largest absolute Gasteiger partial charge is 0.478 e. The van der Waals surface area contributed by atoms with Crippen LogP contribution >= 0.6 is 23.4 Å². The van der Waals surface area contributed by atoms with E-state index in [-0.39, 0.29) is 22.2 Å².